The summed E-state index contributed by atoms with van der Waals surface area (Å²) in [4.78, 5) is 0. The van der Waals surface area contributed by atoms with E-state index < -0.39 is 0 Å². The van der Waals surface area contributed by atoms with Gasteiger partial charge in [-0.15, -0.1) is 6.58 Å². The molecule has 0 aromatic heterocycles. The van der Waals surface area contributed by atoms with Crippen molar-refractivity contribution in [2.45, 2.75) is 19.8 Å². The summed E-state index contributed by atoms with van der Waals surface area (Å²) in [7, 11) is 0. The maximum absolute atomic E-state index is 8.54. The Morgan fingerprint density at radius 3 is 2.67 bits per heavy atom. The van der Waals surface area contributed by atoms with E-state index >= 15 is 0 Å². The minimum atomic E-state index is 0.178. The van der Waals surface area contributed by atoms with E-state index in [4.69, 9.17) is 5.11 Å². The van der Waals surface area contributed by atoms with E-state index in [1.807, 2.05) is 19.1 Å². The summed E-state index contributed by atoms with van der Waals surface area (Å²) in [5.41, 5.74) is 1.04. The van der Waals surface area contributed by atoms with Gasteiger partial charge in [0, 0.05) is 0 Å². The van der Waals surface area contributed by atoms with E-state index in [0.717, 1.165) is 18.4 Å². The topological polar surface area (TPSA) is 20.2 Å². The number of allylic oxidation sites excluding steroid dienone is 2. The van der Waals surface area contributed by atoms with E-state index in [2.05, 4.69) is 6.58 Å². The first-order valence-electron chi connectivity index (χ1n) is 3.18. The number of rotatable bonds is 4. The first-order chi connectivity index (χ1) is 4.31. The molecule has 0 spiro atoms. The van der Waals surface area contributed by atoms with Gasteiger partial charge in [-0.2, -0.15) is 0 Å². The first-order valence-corrected chi connectivity index (χ1v) is 3.18. The molecule has 0 fully saturated rings. The van der Waals surface area contributed by atoms with E-state index in [1.54, 1.807) is 0 Å². The van der Waals surface area contributed by atoms with Gasteiger partial charge in [-0.3, -0.25) is 0 Å². The van der Waals surface area contributed by atoms with Crippen molar-refractivity contribution in [3.63, 3.8) is 0 Å². The molecule has 0 aliphatic rings. The molecule has 0 aromatic rings. The molecule has 0 aromatic carbocycles. The lowest BCUT2D eigenvalue weighted by atomic mass is 10.2. The van der Waals surface area contributed by atoms with Crippen LogP contribution in [0, 0.1) is 0 Å². The third kappa shape index (κ3) is 5.31. The Hall–Kier alpha value is -0.560. The first kappa shape index (κ1) is 8.44. The third-order valence-electron chi connectivity index (χ3n) is 1.11. The van der Waals surface area contributed by atoms with Crippen LogP contribution in [-0.2, 0) is 0 Å². The summed E-state index contributed by atoms with van der Waals surface area (Å²) < 4.78 is 0. The molecule has 1 N–H and O–H groups in total. The molecular weight excluding hydrogens is 112 g/mol. The highest BCUT2D eigenvalue weighted by molar-refractivity contribution is 4.97. The van der Waals surface area contributed by atoms with Crippen LogP contribution in [-0.4, -0.2) is 11.7 Å². The molecule has 0 aliphatic heterocycles. The Morgan fingerprint density at radius 2 is 2.22 bits per heavy atom. The Bertz CT molecular complexity index is 103. The zero-order valence-electron chi connectivity index (χ0n) is 5.93. The van der Waals surface area contributed by atoms with Gasteiger partial charge >= 0.3 is 0 Å². The molecule has 0 saturated carbocycles. The smallest absolute Gasteiger partial charge is 0.0639 e. The molecule has 52 valence electrons. The Kier molecular flexibility index (Phi) is 5.23. The third-order valence-corrected chi connectivity index (χ3v) is 1.11. The zero-order valence-corrected chi connectivity index (χ0v) is 5.93. The average molecular weight is 126 g/mol. The maximum atomic E-state index is 8.54. The SMILES string of the molecule is C=CCC/C=C(/C)CO. The largest absolute Gasteiger partial charge is 0.392 e. The van der Waals surface area contributed by atoms with Gasteiger partial charge in [0.15, 0.2) is 0 Å². The fourth-order valence-electron chi connectivity index (χ4n) is 0.512. The van der Waals surface area contributed by atoms with E-state index in [0.29, 0.717) is 0 Å². The maximum Gasteiger partial charge on any atom is 0.0639 e. The van der Waals surface area contributed by atoms with Crippen LogP contribution in [0.25, 0.3) is 0 Å². The quantitative estimate of drug-likeness (QED) is 0.450. The van der Waals surface area contributed by atoms with Crippen LogP contribution in [0.4, 0.5) is 0 Å². The van der Waals surface area contributed by atoms with E-state index in [9.17, 15) is 0 Å². The zero-order chi connectivity index (χ0) is 7.11. The second-order valence-electron chi connectivity index (χ2n) is 2.07. The fourth-order valence-corrected chi connectivity index (χ4v) is 0.512. The lowest BCUT2D eigenvalue weighted by Gasteiger charge is -1.91. The molecule has 9 heavy (non-hydrogen) atoms. The standard InChI is InChI=1S/C8H14O/c1-3-4-5-6-8(2)7-9/h3,6,9H,1,4-5,7H2,2H3/b8-6-. The average Bonchev–Trinajstić information content (AvgIpc) is 1.89. The molecule has 1 heteroatoms. The Balaban J connectivity index is 3.31. The van der Waals surface area contributed by atoms with Crippen LogP contribution in [0.1, 0.15) is 19.8 Å². The summed E-state index contributed by atoms with van der Waals surface area (Å²) in [6.45, 7) is 5.69. The molecule has 0 amide bonds. The van der Waals surface area contributed by atoms with Crippen molar-refractivity contribution in [3.8, 4) is 0 Å². The highest BCUT2D eigenvalue weighted by Gasteiger charge is 1.81. The molecule has 0 atom stereocenters. The molecule has 0 saturated heterocycles. The highest BCUT2D eigenvalue weighted by atomic mass is 16.3. The molecule has 0 bridgehead atoms. The van der Waals surface area contributed by atoms with Gasteiger partial charge in [-0.05, 0) is 19.8 Å². The summed E-state index contributed by atoms with van der Waals surface area (Å²) in [5, 5.41) is 8.54. The molecule has 0 rings (SSSR count). The van der Waals surface area contributed by atoms with Crippen LogP contribution in [0.5, 0.6) is 0 Å². The number of aliphatic hydroxyl groups is 1. The van der Waals surface area contributed by atoms with Crippen LogP contribution < -0.4 is 0 Å². The monoisotopic (exact) mass is 126 g/mol. The number of unbranched alkanes of at least 4 members (excludes halogenated alkanes) is 1. The number of aliphatic hydroxyl groups excluding tert-OH is 1. The number of hydrogen-bond donors (Lipinski definition) is 1. The molecule has 0 aliphatic carbocycles. The van der Waals surface area contributed by atoms with Gasteiger partial charge in [0.1, 0.15) is 0 Å². The van der Waals surface area contributed by atoms with Crippen LogP contribution in [0.15, 0.2) is 24.3 Å². The summed E-state index contributed by atoms with van der Waals surface area (Å²) >= 11 is 0. The minimum Gasteiger partial charge on any atom is -0.392 e. The molecular formula is C8H14O. The predicted octanol–water partition coefficient (Wildman–Crippen LogP) is 1.89. The van der Waals surface area contributed by atoms with E-state index in [1.165, 1.54) is 0 Å². The number of hydrogen-bond acceptors (Lipinski definition) is 1. The van der Waals surface area contributed by atoms with Gasteiger partial charge in [0.2, 0.25) is 0 Å². The van der Waals surface area contributed by atoms with Crippen LogP contribution in [0.2, 0.25) is 0 Å². The lowest BCUT2D eigenvalue weighted by Crippen LogP contribution is -1.82. The summed E-state index contributed by atoms with van der Waals surface area (Å²) in [5.74, 6) is 0. The van der Waals surface area contributed by atoms with Crippen molar-refractivity contribution in [2.75, 3.05) is 6.61 Å². The van der Waals surface area contributed by atoms with Crippen molar-refractivity contribution >= 4 is 0 Å². The van der Waals surface area contributed by atoms with Gasteiger partial charge in [0.05, 0.1) is 6.61 Å². The fraction of sp³-hybridized carbons (Fsp3) is 0.500. The van der Waals surface area contributed by atoms with Crippen molar-refractivity contribution < 1.29 is 5.11 Å². The Morgan fingerprint density at radius 1 is 1.56 bits per heavy atom. The predicted molar refractivity (Wildman–Crippen MR) is 40.3 cm³/mol. The summed E-state index contributed by atoms with van der Waals surface area (Å²) in [6, 6.07) is 0. The second-order valence-corrected chi connectivity index (χ2v) is 2.07. The van der Waals surface area contributed by atoms with Gasteiger partial charge in [-0.25, -0.2) is 0 Å². The van der Waals surface area contributed by atoms with Crippen LogP contribution in [0.3, 0.4) is 0 Å². The van der Waals surface area contributed by atoms with Crippen LogP contribution >= 0.6 is 0 Å². The van der Waals surface area contributed by atoms with Gasteiger partial charge in [0.25, 0.3) is 0 Å². The van der Waals surface area contributed by atoms with Crippen molar-refractivity contribution in [3.05, 3.63) is 24.3 Å². The minimum absolute atomic E-state index is 0.178. The molecule has 0 radical (unpaired) electrons. The summed E-state index contributed by atoms with van der Waals surface area (Å²) in [6.07, 6.45) is 5.90. The van der Waals surface area contributed by atoms with Crippen molar-refractivity contribution in [1.82, 2.24) is 0 Å². The second kappa shape index (κ2) is 5.57. The Labute approximate surface area is 56.7 Å². The normalized spacial score (nSPS) is 11.6. The van der Waals surface area contributed by atoms with E-state index in [-0.39, 0.29) is 6.61 Å². The lowest BCUT2D eigenvalue weighted by molar-refractivity contribution is 0.331. The molecule has 0 unspecified atom stereocenters. The molecule has 1 nitrogen and oxygen atoms in total. The van der Waals surface area contributed by atoms with Gasteiger partial charge in [-0.1, -0.05) is 17.7 Å². The van der Waals surface area contributed by atoms with Crippen molar-refractivity contribution in [1.29, 1.82) is 0 Å². The van der Waals surface area contributed by atoms with Crippen molar-refractivity contribution in [2.24, 2.45) is 0 Å². The van der Waals surface area contributed by atoms with Gasteiger partial charge < -0.3 is 5.11 Å². The molecule has 0 heterocycles. The highest BCUT2D eigenvalue weighted by Crippen LogP contribution is 1.96.